The van der Waals surface area contributed by atoms with E-state index >= 15 is 0 Å². The van der Waals surface area contributed by atoms with Gasteiger partial charge in [0.25, 0.3) is 0 Å². The summed E-state index contributed by atoms with van der Waals surface area (Å²) in [6, 6.07) is 6.55. The molecule has 1 aliphatic carbocycles. The highest BCUT2D eigenvalue weighted by Gasteiger charge is 2.36. The second-order valence-electron chi connectivity index (χ2n) is 5.15. The fraction of sp³-hybridized carbons (Fsp3) is 0.294. The fourth-order valence-corrected chi connectivity index (χ4v) is 3.05. The van der Waals surface area contributed by atoms with Gasteiger partial charge in [-0.25, -0.2) is 0 Å². The maximum absolute atomic E-state index is 3.99. The summed E-state index contributed by atoms with van der Waals surface area (Å²) >= 11 is 0. The van der Waals surface area contributed by atoms with Crippen LogP contribution in [0.25, 0.3) is 5.57 Å². The van der Waals surface area contributed by atoms with Crippen LogP contribution in [0.3, 0.4) is 0 Å². The van der Waals surface area contributed by atoms with Gasteiger partial charge in [0.2, 0.25) is 0 Å². The van der Waals surface area contributed by atoms with Crippen molar-refractivity contribution in [3.63, 3.8) is 0 Å². The molecule has 0 aromatic heterocycles. The van der Waals surface area contributed by atoms with Gasteiger partial charge in [0, 0.05) is 5.41 Å². The topological polar surface area (TPSA) is 0 Å². The lowest BCUT2D eigenvalue weighted by molar-refractivity contribution is 0.650. The van der Waals surface area contributed by atoms with Crippen LogP contribution in [0.1, 0.15) is 37.5 Å². The largest absolute Gasteiger partial charge is 0.0987 e. The summed E-state index contributed by atoms with van der Waals surface area (Å²) in [7, 11) is 0. The Labute approximate surface area is 104 Å². The van der Waals surface area contributed by atoms with Crippen molar-refractivity contribution in [2.45, 2.75) is 33.1 Å². The third kappa shape index (κ3) is 1.59. The number of hydrogen-bond donors (Lipinski definition) is 0. The van der Waals surface area contributed by atoms with E-state index in [9.17, 15) is 0 Å². The predicted octanol–water partition coefficient (Wildman–Crippen LogP) is 4.80. The Hall–Kier alpha value is -1.56. The highest BCUT2D eigenvalue weighted by Crippen LogP contribution is 2.48. The van der Waals surface area contributed by atoms with Crippen molar-refractivity contribution in [3.8, 4) is 0 Å². The van der Waals surface area contributed by atoms with Crippen LogP contribution >= 0.6 is 0 Å². The van der Waals surface area contributed by atoms with Crippen LogP contribution in [0.2, 0.25) is 0 Å². The number of aryl methyl sites for hydroxylation is 1. The molecule has 1 aromatic rings. The van der Waals surface area contributed by atoms with Crippen molar-refractivity contribution < 1.29 is 0 Å². The number of allylic oxidation sites excluding steroid dienone is 5. The minimum atomic E-state index is 0.0667. The maximum atomic E-state index is 3.99. The SMILES string of the molecule is C=CC1=C(C=CC)c2cccc(C)c2C1(C)C. The Morgan fingerprint density at radius 1 is 1.24 bits per heavy atom. The Bertz CT molecular complexity index is 525. The predicted molar refractivity (Wildman–Crippen MR) is 76.1 cm³/mol. The van der Waals surface area contributed by atoms with Crippen LogP contribution in [0, 0.1) is 6.92 Å². The van der Waals surface area contributed by atoms with Crippen LogP contribution in [-0.2, 0) is 5.41 Å². The maximum Gasteiger partial charge on any atom is 0.0161 e. The molecule has 1 aliphatic rings. The first kappa shape index (κ1) is 11.9. The zero-order chi connectivity index (χ0) is 12.6. The highest BCUT2D eigenvalue weighted by atomic mass is 14.4. The normalized spacial score (nSPS) is 17.6. The van der Waals surface area contributed by atoms with Crippen molar-refractivity contribution in [1.29, 1.82) is 0 Å². The van der Waals surface area contributed by atoms with E-state index in [1.165, 1.54) is 27.8 Å². The van der Waals surface area contributed by atoms with E-state index in [2.05, 4.69) is 64.6 Å². The van der Waals surface area contributed by atoms with Crippen LogP contribution in [0.5, 0.6) is 0 Å². The van der Waals surface area contributed by atoms with Crippen molar-refractivity contribution >= 4 is 5.57 Å². The van der Waals surface area contributed by atoms with Gasteiger partial charge in [-0.05, 0) is 41.7 Å². The molecule has 0 saturated heterocycles. The molecule has 1 aromatic carbocycles. The van der Waals surface area contributed by atoms with Crippen molar-refractivity contribution in [1.82, 2.24) is 0 Å². The summed E-state index contributed by atoms with van der Waals surface area (Å²) in [6.45, 7) is 12.8. The molecule has 0 aliphatic heterocycles. The molecular weight excluding hydrogens is 204 g/mol. The average molecular weight is 224 g/mol. The van der Waals surface area contributed by atoms with E-state index in [0.29, 0.717) is 0 Å². The molecule has 0 unspecified atom stereocenters. The first-order valence-electron chi connectivity index (χ1n) is 6.14. The van der Waals surface area contributed by atoms with Gasteiger partial charge in [0.05, 0.1) is 0 Å². The Kier molecular flexibility index (Phi) is 2.82. The summed E-state index contributed by atoms with van der Waals surface area (Å²) in [5.74, 6) is 0. The molecule has 0 spiro atoms. The standard InChI is InChI=1S/C17H20/c1-6-9-13-14-11-8-10-12(3)16(14)17(4,5)15(13)7-2/h6-11H,2H2,1,3-5H3. The minimum Gasteiger partial charge on any atom is -0.0987 e. The smallest absolute Gasteiger partial charge is 0.0161 e. The van der Waals surface area contributed by atoms with E-state index < -0.39 is 0 Å². The second-order valence-corrected chi connectivity index (χ2v) is 5.15. The van der Waals surface area contributed by atoms with E-state index in [1.54, 1.807) is 0 Å². The van der Waals surface area contributed by atoms with Gasteiger partial charge in [0.15, 0.2) is 0 Å². The lowest BCUT2D eigenvalue weighted by Crippen LogP contribution is -2.17. The first-order valence-corrected chi connectivity index (χ1v) is 6.14. The minimum absolute atomic E-state index is 0.0667. The van der Waals surface area contributed by atoms with Crippen LogP contribution in [0.4, 0.5) is 0 Å². The first-order chi connectivity index (χ1) is 8.04. The van der Waals surface area contributed by atoms with Crippen LogP contribution < -0.4 is 0 Å². The van der Waals surface area contributed by atoms with Gasteiger partial charge in [-0.1, -0.05) is 56.9 Å². The lowest BCUT2D eigenvalue weighted by atomic mass is 9.79. The molecule has 17 heavy (non-hydrogen) atoms. The molecule has 0 bridgehead atoms. The van der Waals surface area contributed by atoms with Gasteiger partial charge >= 0.3 is 0 Å². The van der Waals surface area contributed by atoms with Crippen molar-refractivity contribution in [3.05, 3.63) is 65.3 Å². The molecule has 0 N–H and O–H groups in total. The Morgan fingerprint density at radius 2 is 1.94 bits per heavy atom. The molecule has 0 nitrogen and oxygen atoms in total. The highest BCUT2D eigenvalue weighted by molar-refractivity contribution is 5.88. The summed E-state index contributed by atoms with van der Waals surface area (Å²) in [5, 5.41) is 0. The van der Waals surface area contributed by atoms with E-state index in [0.717, 1.165) is 0 Å². The summed E-state index contributed by atoms with van der Waals surface area (Å²) in [5.41, 5.74) is 6.90. The average Bonchev–Trinajstić information content (AvgIpc) is 2.48. The molecule has 88 valence electrons. The monoisotopic (exact) mass is 224 g/mol. The van der Waals surface area contributed by atoms with Gasteiger partial charge in [-0.15, -0.1) is 0 Å². The molecule has 0 radical (unpaired) electrons. The van der Waals surface area contributed by atoms with Crippen molar-refractivity contribution in [2.24, 2.45) is 0 Å². The molecule has 2 rings (SSSR count). The van der Waals surface area contributed by atoms with E-state index in [-0.39, 0.29) is 5.41 Å². The quantitative estimate of drug-likeness (QED) is 0.676. The van der Waals surface area contributed by atoms with Crippen LogP contribution in [0.15, 0.2) is 48.6 Å². The van der Waals surface area contributed by atoms with E-state index in [4.69, 9.17) is 0 Å². The third-order valence-electron chi connectivity index (χ3n) is 3.69. The van der Waals surface area contributed by atoms with Gasteiger partial charge < -0.3 is 0 Å². The van der Waals surface area contributed by atoms with Crippen molar-refractivity contribution in [2.75, 3.05) is 0 Å². The third-order valence-corrected chi connectivity index (χ3v) is 3.69. The van der Waals surface area contributed by atoms with Gasteiger partial charge in [0.1, 0.15) is 0 Å². The van der Waals surface area contributed by atoms with Gasteiger partial charge in [-0.3, -0.25) is 0 Å². The molecular formula is C17H20. The molecule has 0 fully saturated rings. The second kappa shape index (κ2) is 4.03. The number of fused-ring (bicyclic) bond motifs is 1. The molecule has 0 atom stereocenters. The number of hydrogen-bond acceptors (Lipinski definition) is 0. The number of benzene rings is 1. The molecule has 0 saturated carbocycles. The molecule has 0 heterocycles. The molecule has 0 heteroatoms. The summed E-state index contributed by atoms with van der Waals surface area (Å²) in [4.78, 5) is 0. The zero-order valence-corrected chi connectivity index (χ0v) is 11.2. The molecule has 0 amide bonds. The lowest BCUT2D eigenvalue weighted by Gasteiger charge is -2.24. The van der Waals surface area contributed by atoms with E-state index in [1.807, 2.05) is 6.08 Å². The summed E-state index contributed by atoms with van der Waals surface area (Å²) in [6.07, 6.45) is 6.31. The van der Waals surface area contributed by atoms with Crippen LogP contribution in [-0.4, -0.2) is 0 Å². The summed E-state index contributed by atoms with van der Waals surface area (Å²) < 4.78 is 0. The fourth-order valence-electron chi connectivity index (χ4n) is 3.05. The number of rotatable bonds is 2. The van der Waals surface area contributed by atoms with Gasteiger partial charge in [-0.2, -0.15) is 0 Å². The Balaban J connectivity index is 2.81. The zero-order valence-electron chi connectivity index (χ0n) is 11.2. The Morgan fingerprint density at radius 3 is 2.53 bits per heavy atom.